The zero-order chi connectivity index (χ0) is 11.1. The highest BCUT2D eigenvalue weighted by molar-refractivity contribution is 5.27. The van der Waals surface area contributed by atoms with Crippen molar-refractivity contribution >= 4 is 0 Å². The van der Waals surface area contributed by atoms with Crippen LogP contribution in [0.1, 0.15) is 17.2 Å². The number of aliphatic hydroxyl groups excluding tert-OH is 1. The maximum atomic E-state index is 9.90. The highest BCUT2D eigenvalue weighted by Gasteiger charge is 2.08. The van der Waals surface area contributed by atoms with E-state index in [-0.39, 0.29) is 0 Å². The van der Waals surface area contributed by atoms with Gasteiger partial charge in [-0.3, -0.25) is 0 Å². The van der Waals surface area contributed by atoms with Crippen LogP contribution in [0.4, 0.5) is 0 Å². The Bertz CT molecular complexity index is 289. The molecule has 0 fully saturated rings. The normalized spacial score (nSPS) is 12.7. The van der Waals surface area contributed by atoms with Crippen molar-refractivity contribution in [3.05, 3.63) is 35.4 Å². The van der Waals surface area contributed by atoms with Crippen molar-refractivity contribution in [2.24, 2.45) is 0 Å². The van der Waals surface area contributed by atoms with Crippen LogP contribution in [-0.4, -0.2) is 31.9 Å². The SMILES string of the molecule is COCCNCC(O)c1ccccc1C. The average Bonchev–Trinajstić information content (AvgIpc) is 2.25. The van der Waals surface area contributed by atoms with Crippen LogP contribution in [0.25, 0.3) is 0 Å². The van der Waals surface area contributed by atoms with E-state index in [1.807, 2.05) is 31.2 Å². The molecular formula is C12H19NO2. The van der Waals surface area contributed by atoms with E-state index in [1.54, 1.807) is 7.11 Å². The van der Waals surface area contributed by atoms with E-state index >= 15 is 0 Å². The van der Waals surface area contributed by atoms with Crippen LogP contribution in [0, 0.1) is 6.92 Å². The first-order valence-electron chi connectivity index (χ1n) is 5.19. The number of benzene rings is 1. The summed E-state index contributed by atoms with van der Waals surface area (Å²) in [5, 5.41) is 13.0. The Morgan fingerprint density at radius 1 is 1.40 bits per heavy atom. The summed E-state index contributed by atoms with van der Waals surface area (Å²) in [4.78, 5) is 0. The Balaban J connectivity index is 2.40. The number of hydrogen-bond donors (Lipinski definition) is 2. The lowest BCUT2D eigenvalue weighted by molar-refractivity contribution is 0.161. The first-order valence-corrected chi connectivity index (χ1v) is 5.19. The molecule has 0 aromatic heterocycles. The molecule has 0 saturated heterocycles. The first-order chi connectivity index (χ1) is 7.25. The predicted molar refractivity (Wildman–Crippen MR) is 60.9 cm³/mol. The van der Waals surface area contributed by atoms with Crippen molar-refractivity contribution in [1.29, 1.82) is 0 Å². The van der Waals surface area contributed by atoms with Gasteiger partial charge in [0.05, 0.1) is 12.7 Å². The van der Waals surface area contributed by atoms with E-state index in [4.69, 9.17) is 4.74 Å². The van der Waals surface area contributed by atoms with Crippen molar-refractivity contribution in [1.82, 2.24) is 5.32 Å². The second-order valence-electron chi connectivity index (χ2n) is 3.57. The fourth-order valence-electron chi connectivity index (χ4n) is 1.48. The summed E-state index contributed by atoms with van der Waals surface area (Å²) in [6, 6.07) is 7.89. The molecule has 0 aliphatic carbocycles. The second kappa shape index (κ2) is 6.56. The zero-order valence-corrected chi connectivity index (χ0v) is 9.36. The van der Waals surface area contributed by atoms with Gasteiger partial charge in [0.25, 0.3) is 0 Å². The number of methoxy groups -OCH3 is 1. The molecule has 1 rings (SSSR count). The topological polar surface area (TPSA) is 41.5 Å². The first kappa shape index (κ1) is 12.2. The van der Waals surface area contributed by atoms with Gasteiger partial charge in [0.1, 0.15) is 0 Å². The molecule has 3 nitrogen and oxygen atoms in total. The number of aryl methyl sites for hydroxylation is 1. The Hall–Kier alpha value is -0.900. The van der Waals surface area contributed by atoms with E-state index in [2.05, 4.69) is 5.32 Å². The Kier molecular flexibility index (Phi) is 5.32. The molecule has 0 saturated carbocycles. The minimum atomic E-state index is -0.442. The van der Waals surface area contributed by atoms with Crippen molar-refractivity contribution in [3.8, 4) is 0 Å². The van der Waals surface area contributed by atoms with Gasteiger partial charge in [-0.1, -0.05) is 24.3 Å². The van der Waals surface area contributed by atoms with E-state index in [0.29, 0.717) is 13.2 Å². The summed E-state index contributed by atoms with van der Waals surface area (Å²) in [5.74, 6) is 0. The molecule has 3 heteroatoms. The lowest BCUT2D eigenvalue weighted by Gasteiger charge is -2.14. The van der Waals surface area contributed by atoms with Gasteiger partial charge in [-0.15, -0.1) is 0 Å². The van der Waals surface area contributed by atoms with Crippen LogP contribution in [0.2, 0.25) is 0 Å². The monoisotopic (exact) mass is 209 g/mol. The number of nitrogens with one attached hydrogen (secondary N) is 1. The van der Waals surface area contributed by atoms with Crippen LogP contribution < -0.4 is 5.32 Å². The van der Waals surface area contributed by atoms with Gasteiger partial charge >= 0.3 is 0 Å². The molecule has 0 heterocycles. The molecule has 1 atom stereocenters. The van der Waals surface area contributed by atoms with E-state index in [0.717, 1.165) is 17.7 Å². The van der Waals surface area contributed by atoms with Gasteiger partial charge in [0.2, 0.25) is 0 Å². The van der Waals surface area contributed by atoms with Crippen molar-refractivity contribution in [2.45, 2.75) is 13.0 Å². The third kappa shape index (κ3) is 4.00. The third-order valence-electron chi connectivity index (χ3n) is 2.37. The third-order valence-corrected chi connectivity index (χ3v) is 2.37. The molecule has 84 valence electrons. The van der Waals surface area contributed by atoms with Crippen LogP contribution in [0.3, 0.4) is 0 Å². The van der Waals surface area contributed by atoms with Crippen molar-refractivity contribution < 1.29 is 9.84 Å². The molecule has 0 spiro atoms. The molecule has 2 N–H and O–H groups in total. The smallest absolute Gasteiger partial charge is 0.0916 e. The molecule has 0 amide bonds. The highest BCUT2D eigenvalue weighted by Crippen LogP contribution is 2.15. The maximum absolute atomic E-state index is 9.90. The largest absolute Gasteiger partial charge is 0.387 e. The molecule has 15 heavy (non-hydrogen) atoms. The summed E-state index contributed by atoms with van der Waals surface area (Å²) in [6.45, 7) is 4.00. The number of hydrogen-bond acceptors (Lipinski definition) is 3. The summed E-state index contributed by atoms with van der Waals surface area (Å²) in [7, 11) is 1.67. The van der Waals surface area contributed by atoms with Crippen LogP contribution in [0.15, 0.2) is 24.3 Å². The number of ether oxygens (including phenoxy) is 1. The lowest BCUT2D eigenvalue weighted by atomic mass is 10.0. The summed E-state index contributed by atoms with van der Waals surface area (Å²) in [5.41, 5.74) is 2.11. The molecule has 1 aromatic carbocycles. The Morgan fingerprint density at radius 3 is 2.80 bits per heavy atom. The molecule has 0 bridgehead atoms. The van der Waals surface area contributed by atoms with Gasteiger partial charge in [0, 0.05) is 20.2 Å². The molecule has 0 aliphatic heterocycles. The van der Waals surface area contributed by atoms with E-state index in [1.165, 1.54) is 0 Å². The number of rotatable bonds is 6. The van der Waals surface area contributed by atoms with Gasteiger partial charge in [-0.05, 0) is 18.1 Å². The summed E-state index contributed by atoms with van der Waals surface area (Å²) in [6.07, 6.45) is -0.442. The molecule has 0 aliphatic rings. The van der Waals surface area contributed by atoms with Gasteiger partial charge in [-0.2, -0.15) is 0 Å². The van der Waals surface area contributed by atoms with Gasteiger partial charge in [0.15, 0.2) is 0 Å². The Labute approximate surface area is 91.1 Å². The van der Waals surface area contributed by atoms with Crippen molar-refractivity contribution in [3.63, 3.8) is 0 Å². The zero-order valence-electron chi connectivity index (χ0n) is 9.36. The molecule has 1 unspecified atom stereocenters. The van der Waals surface area contributed by atoms with Crippen LogP contribution >= 0.6 is 0 Å². The second-order valence-corrected chi connectivity index (χ2v) is 3.57. The molecular weight excluding hydrogens is 190 g/mol. The quantitative estimate of drug-likeness (QED) is 0.693. The molecule has 0 radical (unpaired) electrons. The predicted octanol–water partition coefficient (Wildman–Crippen LogP) is 1.26. The van der Waals surface area contributed by atoms with Crippen LogP contribution in [0.5, 0.6) is 0 Å². The van der Waals surface area contributed by atoms with Gasteiger partial charge < -0.3 is 15.2 Å². The van der Waals surface area contributed by atoms with E-state index < -0.39 is 6.10 Å². The van der Waals surface area contributed by atoms with Gasteiger partial charge in [-0.25, -0.2) is 0 Å². The maximum Gasteiger partial charge on any atom is 0.0916 e. The standard InChI is InChI=1S/C12H19NO2/c1-10-5-3-4-6-11(10)12(14)9-13-7-8-15-2/h3-6,12-14H,7-9H2,1-2H3. The van der Waals surface area contributed by atoms with Crippen LogP contribution in [-0.2, 0) is 4.74 Å². The average molecular weight is 209 g/mol. The fraction of sp³-hybridized carbons (Fsp3) is 0.500. The van der Waals surface area contributed by atoms with Crippen molar-refractivity contribution in [2.75, 3.05) is 26.8 Å². The highest BCUT2D eigenvalue weighted by atomic mass is 16.5. The fourth-order valence-corrected chi connectivity index (χ4v) is 1.48. The summed E-state index contributed by atoms with van der Waals surface area (Å²) < 4.78 is 4.91. The lowest BCUT2D eigenvalue weighted by Crippen LogP contribution is -2.25. The van der Waals surface area contributed by atoms with E-state index in [9.17, 15) is 5.11 Å². The number of aliphatic hydroxyl groups is 1. The minimum Gasteiger partial charge on any atom is -0.387 e. The summed E-state index contributed by atoms with van der Waals surface area (Å²) >= 11 is 0. The minimum absolute atomic E-state index is 0.442. The Morgan fingerprint density at radius 2 is 2.13 bits per heavy atom. The molecule has 1 aromatic rings.